The fourth-order valence-electron chi connectivity index (χ4n) is 5.02. The highest BCUT2D eigenvalue weighted by molar-refractivity contribution is 7.40. The van der Waals surface area contributed by atoms with Gasteiger partial charge in [-0.2, -0.15) is 0 Å². The maximum absolute atomic E-state index is 9.91. The zero-order valence-electron chi connectivity index (χ0n) is 27.2. The molecule has 0 aromatic carbocycles. The van der Waals surface area contributed by atoms with E-state index in [4.69, 9.17) is 9.05 Å². The van der Waals surface area contributed by atoms with Crippen molar-refractivity contribution in [2.24, 2.45) is 0 Å². The van der Waals surface area contributed by atoms with E-state index in [9.17, 15) is 4.89 Å². The van der Waals surface area contributed by atoms with E-state index >= 15 is 0 Å². The molecule has 0 saturated carbocycles. The van der Waals surface area contributed by atoms with E-state index < -0.39 is 8.60 Å². The van der Waals surface area contributed by atoms with Crippen molar-refractivity contribution in [3.63, 3.8) is 0 Å². The van der Waals surface area contributed by atoms with E-state index in [1.165, 1.54) is 167 Å². The second-order valence-corrected chi connectivity index (χ2v) is 12.8. The van der Waals surface area contributed by atoms with Gasteiger partial charge in [0.25, 0.3) is 0 Å². The van der Waals surface area contributed by atoms with E-state index in [0.29, 0.717) is 13.2 Å². The van der Waals surface area contributed by atoms with Gasteiger partial charge in [-0.25, -0.2) is 0 Å². The van der Waals surface area contributed by atoms with Crippen molar-refractivity contribution in [3.05, 3.63) is 24.3 Å². The molecule has 0 fully saturated rings. The summed E-state index contributed by atoms with van der Waals surface area (Å²) in [6.07, 6.45) is 46.1. The average molecular weight is 583 g/mol. The van der Waals surface area contributed by atoms with Gasteiger partial charge in [0.1, 0.15) is 0 Å². The third-order valence-corrected chi connectivity index (χ3v) is 8.52. The Morgan fingerprint density at radius 2 is 0.625 bits per heavy atom. The minimum absolute atomic E-state index is 0.622. The van der Waals surface area contributed by atoms with Crippen molar-refractivity contribution in [1.82, 2.24) is 0 Å². The summed E-state index contributed by atoms with van der Waals surface area (Å²) < 4.78 is 10.9. The Labute approximate surface area is 253 Å². The number of unbranched alkanes of at least 4 members (excludes halogenated alkanes) is 24. The van der Waals surface area contributed by atoms with E-state index in [-0.39, 0.29) is 0 Å². The van der Waals surface area contributed by atoms with Crippen LogP contribution in [0, 0.1) is 0 Å². The predicted octanol–water partition coefficient (Wildman–Crippen LogP) is 13.3. The van der Waals surface area contributed by atoms with Crippen LogP contribution >= 0.6 is 8.60 Å². The lowest BCUT2D eigenvalue weighted by Gasteiger charge is -2.10. The molecule has 1 N–H and O–H groups in total. The van der Waals surface area contributed by atoms with Crippen LogP contribution in [0.2, 0.25) is 0 Å². The Balaban J connectivity index is 3.22. The maximum atomic E-state index is 9.91. The summed E-state index contributed by atoms with van der Waals surface area (Å²) in [6.45, 7) is 5.80. The first kappa shape index (κ1) is 39.8. The van der Waals surface area contributed by atoms with Gasteiger partial charge in [-0.3, -0.25) is 0 Å². The molecule has 40 heavy (non-hydrogen) atoms. The zero-order chi connectivity index (χ0) is 29.0. The largest absolute Gasteiger partial charge is 0.329 e. The fourth-order valence-corrected chi connectivity index (χ4v) is 5.67. The molecule has 0 aromatic rings. The molecule has 0 amide bonds. The molecule has 0 rings (SSSR count). The third-order valence-electron chi connectivity index (χ3n) is 7.72. The van der Waals surface area contributed by atoms with Crippen molar-refractivity contribution in [1.29, 1.82) is 0 Å². The Bertz CT molecular complexity index is 464. The molecule has 0 aromatic heterocycles. The first-order valence-electron chi connectivity index (χ1n) is 17.9. The summed E-state index contributed by atoms with van der Waals surface area (Å²) in [7, 11) is -1.68. The summed E-state index contributed by atoms with van der Waals surface area (Å²) in [6, 6.07) is 0. The summed E-state index contributed by atoms with van der Waals surface area (Å²) in [5, 5.41) is 0. The van der Waals surface area contributed by atoms with Gasteiger partial charge in [0.05, 0.1) is 13.2 Å². The van der Waals surface area contributed by atoms with Gasteiger partial charge >= 0.3 is 8.60 Å². The van der Waals surface area contributed by atoms with Crippen LogP contribution in [0.5, 0.6) is 0 Å². The Kier molecular flexibility index (Phi) is 36.6. The second kappa shape index (κ2) is 36.8. The lowest BCUT2D eigenvalue weighted by atomic mass is 10.1. The summed E-state index contributed by atoms with van der Waals surface area (Å²) in [5.74, 6) is 0. The van der Waals surface area contributed by atoms with Crippen molar-refractivity contribution >= 4 is 8.60 Å². The molecular weight excluding hydrogens is 511 g/mol. The van der Waals surface area contributed by atoms with Gasteiger partial charge in [0, 0.05) is 0 Å². The summed E-state index contributed by atoms with van der Waals surface area (Å²) in [5.41, 5.74) is 0. The molecule has 0 spiro atoms. The molecule has 0 heterocycles. The fraction of sp³-hybridized carbons (Fsp3) is 0.889. The topological polar surface area (TPSA) is 38.7 Å². The molecule has 4 heteroatoms. The van der Waals surface area contributed by atoms with Crippen LogP contribution in [0.1, 0.15) is 194 Å². The maximum Gasteiger partial charge on any atom is 0.329 e. The number of allylic oxidation sites excluding steroid dienone is 4. The van der Waals surface area contributed by atoms with E-state index in [1.807, 2.05) is 0 Å². The third kappa shape index (κ3) is 35.8. The van der Waals surface area contributed by atoms with Crippen molar-refractivity contribution in [3.8, 4) is 0 Å². The lowest BCUT2D eigenvalue weighted by Crippen LogP contribution is -1.95. The quantitative estimate of drug-likeness (QED) is 0.0466. The van der Waals surface area contributed by atoms with Gasteiger partial charge in [-0.1, -0.05) is 154 Å². The molecule has 0 atom stereocenters. The highest BCUT2D eigenvalue weighted by Gasteiger charge is 2.05. The molecule has 3 nitrogen and oxygen atoms in total. The first-order valence-corrected chi connectivity index (χ1v) is 19.0. The minimum atomic E-state index is -1.68. The molecule has 0 bridgehead atoms. The van der Waals surface area contributed by atoms with Gasteiger partial charge in [0.15, 0.2) is 0 Å². The van der Waals surface area contributed by atoms with Gasteiger partial charge in [-0.15, -0.1) is 0 Å². The molecule has 0 saturated heterocycles. The van der Waals surface area contributed by atoms with E-state index in [1.54, 1.807) is 0 Å². The van der Waals surface area contributed by atoms with Crippen LogP contribution in [0.15, 0.2) is 24.3 Å². The normalized spacial score (nSPS) is 12.8. The lowest BCUT2D eigenvalue weighted by molar-refractivity contribution is 0.193. The molecule has 0 aliphatic heterocycles. The monoisotopic (exact) mass is 583 g/mol. The Morgan fingerprint density at radius 1 is 0.375 bits per heavy atom. The Morgan fingerprint density at radius 3 is 0.925 bits per heavy atom. The van der Waals surface area contributed by atoms with Gasteiger partial charge in [0.2, 0.25) is 0 Å². The predicted molar refractivity (Wildman–Crippen MR) is 180 cm³/mol. The van der Waals surface area contributed by atoms with Crippen LogP contribution < -0.4 is 0 Å². The molecule has 0 aliphatic rings. The highest BCUT2D eigenvalue weighted by Crippen LogP contribution is 2.33. The second-order valence-electron chi connectivity index (χ2n) is 11.8. The van der Waals surface area contributed by atoms with E-state index in [0.717, 1.165) is 12.8 Å². The molecule has 0 aliphatic carbocycles. The minimum Gasteiger partial charge on any atom is -0.328 e. The standard InChI is InChI=1S/C36H71O3P/c1-3-5-7-9-11-13-15-17-19-21-23-25-27-29-31-33-35-38-40(37)39-36-34-32-30-28-26-24-22-20-18-16-14-12-10-8-6-4-2/h17-20,37H,3-16,21-36H2,1-2H3. The molecular formula is C36H71O3P. The van der Waals surface area contributed by atoms with Crippen LogP contribution in [0.3, 0.4) is 0 Å². The Hall–Kier alpha value is -0.210. The van der Waals surface area contributed by atoms with Crippen LogP contribution in [-0.2, 0) is 9.05 Å². The summed E-state index contributed by atoms with van der Waals surface area (Å²) in [4.78, 5) is 9.91. The number of hydrogen-bond acceptors (Lipinski definition) is 3. The highest BCUT2D eigenvalue weighted by atomic mass is 31.2. The van der Waals surface area contributed by atoms with Crippen molar-refractivity contribution < 1.29 is 13.9 Å². The van der Waals surface area contributed by atoms with Gasteiger partial charge < -0.3 is 13.9 Å². The number of hydrogen-bond donors (Lipinski definition) is 1. The molecule has 0 unspecified atom stereocenters. The average Bonchev–Trinajstić information content (AvgIpc) is 2.96. The van der Waals surface area contributed by atoms with E-state index in [2.05, 4.69) is 38.2 Å². The van der Waals surface area contributed by atoms with Crippen molar-refractivity contribution in [2.45, 2.75) is 194 Å². The first-order chi connectivity index (χ1) is 19.8. The summed E-state index contributed by atoms with van der Waals surface area (Å²) >= 11 is 0. The SMILES string of the molecule is CCCCCCCCC=CCCCCCCCCOP(O)OCCCCCCCCC=CCCCCCCCC. The van der Waals surface area contributed by atoms with Crippen molar-refractivity contribution in [2.75, 3.05) is 13.2 Å². The van der Waals surface area contributed by atoms with Crippen LogP contribution in [0.4, 0.5) is 0 Å². The zero-order valence-corrected chi connectivity index (χ0v) is 28.1. The van der Waals surface area contributed by atoms with Crippen LogP contribution in [-0.4, -0.2) is 18.1 Å². The van der Waals surface area contributed by atoms with Gasteiger partial charge in [-0.05, 0) is 64.2 Å². The molecule has 238 valence electrons. The smallest absolute Gasteiger partial charge is 0.328 e. The number of rotatable bonds is 34. The van der Waals surface area contributed by atoms with Crippen LogP contribution in [0.25, 0.3) is 0 Å². The molecule has 0 radical (unpaired) electrons.